The molecule has 0 unspecified atom stereocenters. The molecule has 36 heavy (non-hydrogen) atoms. The zero-order valence-electron chi connectivity index (χ0n) is 20.9. The molecule has 3 rings (SSSR count). The predicted molar refractivity (Wildman–Crippen MR) is 134 cm³/mol. The van der Waals surface area contributed by atoms with Crippen LogP contribution in [-0.4, -0.2) is 71.0 Å². The van der Waals surface area contributed by atoms with E-state index in [1.54, 1.807) is 24.3 Å². The van der Waals surface area contributed by atoms with Gasteiger partial charge in [-0.1, -0.05) is 12.1 Å². The molecule has 2 N–H and O–H groups in total. The molecule has 0 aromatic heterocycles. The van der Waals surface area contributed by atoms with Gasteiger partial charge in [-0.3, -0.25) is 9.59 Å². The van der Waals surface area contributed by atoms with Crippen LogP contribution in [0.5, 0.6) is 17.2 Å². The van der Waals surface area contributed by atoms with Crippen LogP contribution in [0.4, 0.5) is 0 Å². The van der Waals surface area contributed by atoms with Gasteiger partial charge in [-0.05, 0) is 43.2 Å². The topological polar surface area (TPSA) is 123 Å². The Morgan fingerprint density at radius 3 is 2.22 bits per heavy atom. The van der Waals surface area contributed by atoms with Gasteiger partial charge in [0.1, 0.15) is 11.8 Å². The second-order valence-electron chi connectivity index (χ2n) is 8.47. The molecular formula is C25H33N3O7S. The number of nitrogens with zero attached hydrogens (tertiary/aromatic N) is 1. The highest BCUT2D eigenvalue weighted by Crippen LogP contribution is 2.31. The van der Waals surface area contributed by atoms with Gasteiger partial charge in [-0.25, -0.2) is 8.42 Å². The van der Waals surface area contributed by atoms with Crippen molar-refractivity contribution in [2.24, 2.45) is 0 Å². The first kappa shape index (κ1) is 27.3. The van der Waals surface area contributed by atoms with Gasteiger partial charge in [0, 0.05) is 38.0 Å². The predicted octanol–water partition coefficient (Wildman–Crippen LogP) is 1.73. The minimum atomic E-state index is -3.64. The maximum Gasteiger partial charge on any atom is 0.243 e. The third-order valence-corrected chi connectivity index (χ3v) is 8.01. The average Bonchev–Trinajstić information content (AvgIpc) is 2.88. The standard InChI is InChI=1S/C25H33N3O7S/c1-17(29)26-22(16-18-6-5-7-23(34-3)24(18)35-4)25(30)27-19-12-14-28(15-13-19)36(31,32)21-10-8-20(33-2)9-11-21/h5-11,19,22H,12-16H2,1-4H3,(H,26,29)(H,27,30)/t22-/m1/s1. The third kappa shape index (κ3) is 6.46. The van der Waals surface area contributed by atoms with Gasteiger partial charge in [0.25, 0.3) is 0 Å². The Labute approximate surface area is 212 Å². The van der Waals surface area contributed by atoms with Gasteiger partial charge >= 0.3 is 0 Å². The van der Waals surface area contributed by atoms with E-state index in [1.807, 2.05) is 6.07 Å². The molecule has 1 heterocycles. The molecule has 196 valence electrons. The lowest BCUT2D eigenvalue weighted by Crippen LogP contribution is -2.53. The molecule has 1 fully saturated rings. The van der Waals surface area contributed by atoms with E-state index in [4.69, 9.17) is 14.2 Å². The molecular weight excluding hydrogens is 486 g/mol. The van der Waals surface area contributed by atoms with Crippen molar-refractivity contribution in [1.29, 1.82) is 0 Å². The van der Waals surface area contributed by atoms with E-state index in [9.17, 15) is 18.0 Å². The molecule has 11 heteroatoms. The van der Waals surface area contributed by atoms with Crippen LogP contribution in [0.15, 0.2) is 47.4 Å². The van der Waals surface area contributed by atoms with E-state index in [2.05, 4.69) is 10.6 Å². The van der Waals surface area contributed by atoms with E-state index in [0.29, 0.717) is 35.7 Å². The molecule has 0 saturated carbocycles. The van der Waals surface area contributed by atoms with Crippen molar-refractivity contribution in [3.63, 3.8) is 0 Å². The lowest BCUT2D eigenvalue weighted by atomic mass is 10.0. The highest BCUT2D eigenvalue weighted by atomic mass is 32.2. The zero-order valence-corrected chi connectivity index (χ0v) is 21.8. The summed E-state index contributed by atoms with van der Waals surface area (Å²) in [5.74, 6) is 0.933. The Morgan fingerprint density at radius 2 is 1.67 bits per heavy atom. The number of methoxy groups -OCH3 is 3. The van der Waals surface area contributed by atoms with Crippen LogP contribution in [0.25, 0.3) is 0 Å². The lowest BCUT2D eigenvalue weighted by Gasteiger charge is -2.32. The summed E-state index contributed by atoms with van der Waals surface area (Å²) < 4.78 is 43.3. The van der Waals surface area contributed by atoms with E-state index < -0.39 is 16.1 Å². The minimum Gasteiger partial charge on any atom is -0.497 e. The quantitative estimate of drug-likeness (QED) is 0.490. The number of carbonyl (C=O) groups excluding carboxylic acids is 2. The van der Waals surface area contributed by atoms with E-state index >= 15 is 0 Å². The third-order valence-electron chi connectivity index (χ3n) is 6.10. The number of piperidine rings is 1. The normalized spacial score (nSPS) is 15.6. The summed E-state index contributed by atoms with van der Waals surface area (Å²) >= 11 is 0. The van der Waals surface area contributed by atoms with Crippen LogP contribution >= 0.6 is 0 Å². The molecule has 1 atom stereocenters. The Kier molecular flexibility index (Phi) is 9.16. The molecule has 0 radical (unpaired) electrons. The maximum absolute atomic E-state index is 13.1. The molecule has 10 nitrogen and oxygen atoms in total. The molecule has 2 aromatic rings. The number of para-hydroxylation sites is 1. The molecule has 0 aliphatic carbocycles. The van der Waals surface area contributed by atoms with Gasteiger partial charge in [0.2, 0.25) is 21.8 Å². The number of ether oxygens (including phenoxy) is 3. The van der Waals surface area contributed by atoms with Gasteiger partial charge in [-0.2, -0.15) is 4.31 Å². The van der Waals surface area contributed by atoms with Crippen molar-refractivity contribution in [3.05, 3.63) is 48.0 Å². The Morgan fingerprint density at radius 1 is 1.00 bits per heavy atom. The number of hydrogen-bond acceptors (Lipinski definition) is 7. The summed E-state index contributed by atoms with van der Waals surface area (Å²) in [5, 5.41) is 5.68. The number of sulfonamides is 1. The SMILES string of the molecule is COc1ccc(S(=O)(=O)N2CCC(NC(=O)[C@@H](Cc3cccc(OC)c3OC)NC(C)=O)CC2)cc1. The largest absolute Gasteiger partial charge is 0.497 e. The van der Waals surface area contributed by atoms with Crippen LogP contribution in [0.2, 0.25) is 0 Å². The first-order chi connectivity index (χ1) is 17.2. The number of rotatable bonds is 10. The van der Waals surface area contributed by atoms with E-state index in [-0.39, 0.29) is 42.3 Å². The van der Waals surface area contributed by atoms with Crippen LogP contribution in [0.1, 0.15) is 25.3 Å². The fourth-order valence-electron chi connectivity index (χ4n) is 4.23. The zero-order chi connectivity index (χ0) is 26.3. The molecule has 1 aliphatic rings. The molecule has 2 aromatic carbocycles. The summed E-state index contributed by atoms with van der Waals surface area (Å²) in [6.07, 6.45) is 1.11. The summed E-state index contributed by atoms with van der Waals surface area (Å²) in [6, 6.07) is 10.6. The summed E-state index contributed by atoms with van der Waals surface area (Å²) in [7, 11) is 0.921. The summed E-state index contributed by atoms with van der Waals surface area (Å²) in [6.45, 7) is 1.90. The van der Waals surface area contributed by atoms with Crippen LogP contribution in [0.3, 0.4) is 0 Å². The Balaban J connectivity index is 1.65. The monoisotopic (exact) mass is 519 g/mol. The van der Waals surface area contributed by atoms with Crippen molar-refractivity contribution in [1.82, 2.24) is 14.9 Å². The van der Waals surface area contributed by atoms with E-state index in [0.717, 1.165) is 0 Å². The number of amides is 2. The molecule has 0 spiro atoms. The first-order valence-electron chi connectivity index (χ1n) is 11.6. The second-order valence-corrected chi connectivity index (χ2v) is 10.4. The number of hydrogen-bond donors (Lipinski definition) is 2. The van der Waals surface area contributed by atoms with Crippen molar-refractivity contribution in [2.45, 2.75) is 43.2 Å². The van der Waals surface area contributed by atoms with Gasteiger partial charge in [-0.15, -0.1) is 0 Å². The summed E-state index contributed by atoms with van der Waals surface area (Å²) in [5.41, 5.74) is 0.714. The summed E-state index contributed by atoms with van der Waals surface area (Å²) in [4.78, 5) is 25.1. The number of nitrogens with one attached hydrogen (secondary N) is 2. The molecule has 1 saturated heterocycles. The second kappa shape index (κ2) is 12.1. The maximum atomic E-state index is 13.1. The highest BCUT2D eigenvalue weighted by Gasteiger charge is 2.31. The van der Waals surface area contributed by atoms with Gasteiger partial charge in [0.05, 0.1) is 26.2 Å². The molecule has 0 bridgehead atoms. The fraction of sp³-hybridized carbons (Fsp3) is 0.440. The number of benzene rings is 2. The van der Waals surface area contributed by atoms with Gasteiger partial charge < -0.3 is 24.8 Å². The van der Waals surface area contributed by atoms with Gasteiger partial charge in [0.15, 0.2) is 11.5 Å². The molecule has 2 amide bonds. The van der Waals surface area contributed by atoms with Crippen LogP contribution in [-0.2, 0) is 26.0 Å². The molecule has 1 aliphatic heterocycles. The smallest absolute Gasteiger partial charge is 0.243 e. The van der Waals surface area contributed by atoms with Crippen LogP contribution < -0.4 is 24.8 Å². The minimum absolute atomic E-state index is 0.198. The highest BCUT2D eigenvalue weighted by molar-refractivity contribution is 7.89. The first-order valence-corrected chi connectivity index (χ1v) is 13.0. The van der Waals surface area contributed by atoms with Crippen LogP contribution in [0, 0.1) is 0 Å². The number of carbonyl (C=O) groups is 2. The van der Waals surface area contributed by atoms with E-state index in [1.165, 1.54) is 44.7 Å². The Hall–Kier alpha value is -3.31. The fourth-order valence-corrected chi connectivity index (χ4v) is 5.70. The lowest BCUT2D eigenvalue weighted by molar-refractivity contribution is -0.128. The van der Waals surface area contributed by atoms with Crippen molar-refractivity contribution in [3.8, 4) is 17.2 Å². The van der Waals surface area contributed by atoms with Crippen molar-refractivity contribution in [2.75, 3.05) is 34.4 Å². The van der Waals surface area contributed by atoms with Crippen molar-refractivity contribution >= 4 is 21.8 Å². The van der Waals surface area contributed by atoms with Crippen molar-refractivity contribution < 1.29 is 32.2 Å². The Bertz CT molecular complexity index is 1160. The average molecular weight is 520 g/mol.